The average Bonchev–Trinajstić information content (AvgIpc) is 2.34. The zero-order valence-electron chi connectivity index (χ0n) is 12.0. The maximum Gasteiger partial charge on any atom is 0.280 e. The first-order valence-electron chi connectivity index (χ1n) is 6.15. The summed E-state index contributed by atoms with van der Waals surface area (Å²) in [5.74, 6) is 0. The zero-order chi connectivity index (χ0) is 14.8. The molecule has 1 atom stereocenters. The molecule has 0 bridgehead atoms. The number of aldehydes is 1. The van der Waals surface area contributed by atoms with E-state index >= 15 is 0 Å². The standard InChI is InChI=1S/C14H20N2O3/c1-10(14(2,3)4)15(5)12-6-7-13(16(18)19)11(8-12)9-17/h6-10H,1-5H3. The van der Waals surface area contributed by atoms with Crippen LogP contribution in [-0.4, -0.2) is 24.3 Å². The van der Waals surface area contributed by atoms with Gasteiger partial charge in [-0.1, -0.05) is 20.8 Å². The van der Waals surface area contributed by atoms with E-state index in [1.54, 1.807) is 12.1 Å². The minimum absolute atomic E-state index is 0.0673. The van der Waals surface area contributed by atoms with Gasteiger partial charge in [0, 0.05) is 24.8 Å². The number of anilines is 1. The van der Waals surface area contributed by atoms with E-state index < -0.39 is 4.92 Å². The molecule has 0 aliphatic heterocycles. The van der Waals surface area contributed by atoms with Gasteiger partial charge in [-0.15, -0.1) is 0 Å². The summed E-state index contributed by atoms with van der Waals surface area (Å²) in [5.41, 5.74) is 0.818. The second-order valence-corrected chi connectivity index (χ2v) is 5.77. The Morgan fingerprint density at radius 3 is 2.37 bits per heavy atom. The smallest absolute Gasteiger partial charge is 0.280 e. The van der Waals surface area contributed by atoms with Gasteiger partial charge < -0.3 is 4.90 Å². The van der Waals surface area contributed by atoms with E-state index in [0.29, 0.717) is 6.29 Å². The quantitative estimate of drug-likeness (QED) is 0.475. The van der Waals surface area contributed by atoms with Crippen LogP contribution >= 0.6 is 0 Å². The Morgan fingerprint density at radius 1 is 1.37 bits per heavy atom. The number of carbonyl (C=O) groups excluding carboxylic acids is 1. The highest BCUT2D eigenvalue weighted by Crippen LogP contribution is 2.29. The predicted octanol–water partition coefficient (Wildman–Crippen LogP) is 3.28. The summed E-state index contributed by atoms with van der Waals surface area (Å²) >= 11 is 0. The molecule has 1 rings (SSSR count). The Labute approximate surface area is 113 Å². The van der Waals surface area contributed by atoms with Crippen LogP contribution in [0.3, 0.4) is 0 Å². The summed E-state index contributed by atoms with van der Waals surface area (Å²) in [4.78, 5) is 23.2. The molecule has 5 heteroatoms. The van der Waals surface area contributed by atoms with Crippen molar-refractivity contribution >= 4 is 17.7 Å². The van der Waals surface area contributed by atoms with Crippen LogP contribution in [0.15, 0.2) is 18.2 Å². The van der Waals surface area contributed by atoms with Crippen LogP contribution in [0.2, 0.25) is 0 Å². The van der Waals surface area contributed by atoms with Crippen molar-refractivity contribution in [3.8, 4) is 0 Å². The summed E-state index contributed by atoms with van der Waals surface area (Å²) in [6.45, 7) is 8.46. The van der Waals surface area contributed by atoms with Crippen LogP contribution in [0.5, 0.6) is 0 Å². The Kier molecular flexibility index (Phi) is 4.29. The monoisotopic (exact) mass is 264 g/mol. The Morgan fingerprint density at radius 2 is 1.95 bits per heavy atom. The molecule has 0 aliphatic carbocycles. The number of hydrogen-bond acceptors (Lipinski definition) is 4. The van der Waals surface area contributed by atoms with Gasteiger partial charge in [-0.25, -0.2) is 0 Å². The number of hydrogen-bond donors (Lipinski definition) is 0. The van der Waals surface area contributed by atoms with Crippen molar-refractivity contribution in [2.75, 3.05) is 11.9 Å². The molecule has 0 N–H and O–H groups in total. The lowest BCUT2D eigenvalue weighted by atomic mass is 9.87. The third kappa shape index (κ3) is 3.30. The van der Waals surface area contributed by atoms with Crippen LogP contribution in [0.1, 0.15) is 38.1 Å². The molecule has 1 unspecified atom stereocenters. The molecule has 0 saturated carbocycles. The SMILES string of the molecule is CC(N(C)c1ccc([N+](=O)[O-])c(C=O)c1)C(C)(C)C. The Balaban J connectivity index is 3.16. The first-order valence-corrected chi connectivity index (χ1v) is 6.15. The minimum Gasteiger partial charge on any atom is -0.371 e. The van der Waals surface area contributed by atoms with Gasteiger partial charge in [0.2, 0.25) is 0 Å². The normalized spacial score (nSPS) is 12.9. The number of nitro benzene ring substituents is 1. The van der Waals surface area contributed by atoms with Gasteiger partial charge in [-0.2, -0.15) is 0 Å². The lowest BCUT2D eigenvalue weighted by Gasteiger charge is -2.37. The van der Waals surface area contributed by atoms with Gasteiger partial charge in [-0.05, 0) is 24.5 Å². The molecule has 0 aromatic heterocycles. The molecule has 0 fully saturated rings. The zero-order valence-corrected chi connectivity index (χ0v) is 12.0. The van der Waals surface area contributed by atoms with Crippen LogP contribution in [0.25, 0.3) is 0 Å². The van der Waals surface area contributed by atoms with Crippen molar-refractivity contribution in [1.82, 2.24) is 0 Å². The van der Waals surface area contributed by atoms with E-state index in [-0.39, 0.29) is 22.7 Å². The lowest BCUT2D eigenvalue weighted by molar-refractivity contribution is -0.385. The van der Waals surface area contributed by atoms with Gasteiger partial charge in [0.1, 0.15) is 0 Å². The number of nitro groups is 1. The lowest BCUT2D eigenvalue weighted by Crippen LogP contribution is -2.39. The number of rotatable bonds is 4. The van der Waals surface area contributed by atoms with Crippen LogP contribution in [0.4, 0.5) is 11.4 Å². The molecule has 0 aliphatic rings. The summed E-state index contributed by atoms with van der Waals surface area (Å²) in [6.07, 6.45) is 0.525. The number of carbonyl (C=O) groups is 1. The van der Waals surface area contributed by atoms with Crippen LogP contribution in [-0.2, 0) is 0 Å². The summed E-state index contributed by atoms with van der Waals surface area (Å²) in [6, 6.07) is 4.85. The molecule has 0 amide bonds. The van der Waals surface area contributed by atoms with Gasteiger partial charge in [0.05, 0.1) is 10.5 Å². The Bertz CT molecular complexity index is 492. The molecule has 5 nitrogen and oxygen atoms in total. The van der Waals surface area contributed by atoms with E-state index in [4.69, 9.17) is 0 Å². The number of benzene rings is 1. The van der Waals surface area contributed by atoms with Crippen molar-refractivity contribution in [2.45, 2.75) is 33.7 Å². The first-order chi connectivity index (χ1) is 8.68. The van der Waals surface area contributed by atoms with E-state index in [2.05, 4.69) is 27.7 Å². The molecule has 1 aromatic carbocycles. The Hall–Kier alpha value is -1.91. The number of nitrogens with zero attached hydrogens (tertiary/aromatic N) is 2. The summed E-state index contributed by atoms with van der Waals surface area (Å²) in [5, 5.41) is 10.8. The molecule has 0 heterocycles. The van der Waals surface area contributed by atoms with Crippen molar-refractivity contribution in [1.29, 1.82) is 0 Å². The van der Waals surface area contributed by atoms with Crippen molar-refractivity contribution in [3.05, 3.63) is 33.9 Å². The highest BCUT2D eigenvalue weighted by atomic mass is 16.6. The van der Waals surface area contributed by atoms with Crippen molar-refractivity contribution in [3.63, 3.8) is 0 Å². The van der Waals surface area contributed by atoms with E-state index in [1.165, 1.54) is 6.07 Å². The second kappa shape index (κ2) is 5.38. The largest absolute Gasteiger partial charge is 0.371 e. The topological polar surface area (TPSA) is 63.4 Å². The van der Waals surface area contributed by atoms with Gasteiger partial charge in [0.15, 0.2) is 6.29 Å². The molecule has 0 radical (unpaired) electrons. The first kappa shape index (κ1) is 15.1. The molecular formula is C14H20N2O3. The predicted molar refractivity (Wildman–Crippen MR) is 75.8 cm³/mol. The molecule has 1 aromatic rings. The average molecular weight is 264 g/mol. The van der Waals surface area contributed by atoms with E-state index in [0.717, 1.165) is 5.69 Å². The van der Waals surface area contributed by atoms with Crippen molar-refractivity contribution in [2.24, 2.45) is 5.41 Å². The molecule has 0 spiro atoms. The third-order valence-corrected chi connectivity index (χ3v) is 3.58. The maximum absolute atomic E-state index is 11.0. The summed E-state index contributed by atoms with van der Waals surface area (Å²) < 4.78 is 0. The maximum atomic E-state index is 11.0. The third-order valence-electron chi connectivity index (χ3n) is 3.58. The minimum atomic E-state index is -0.541. The highest BCUT2D eigenvalue weighted by molar-refractivity contribution is 5.83. The van der Waals surface area contributed by atoms with Crippen LogP contribution in [0, 0.1) is 15.5 Å². The van der Waals surface area contributed by atoms with Gasteiger partial charge >= 0.3 is 0 Å². The second-order valence-electron chi connectivity index (χ2n) is 5.77. The fourth-order valence-electron chi connectivity index (χ4n) is 1.83. The molecule has 104 valence electrons. The molecule has 19 heavy (non-hydrogen) atoms. The van der Waals surface area contributed by atoms with Gasteiger partial charge in [0.25, 0.3) is 5.69 Å². The van der Waals surface area contributed by atoms with Crippen molar-refractivity contribution < 1.29 is 9.72 Å². The fourth-order valence-corrected chi connectivity index (χ4v) is 1.83. The molecule has 0 saturated heterocycles. The highest BCUT2D eigenvalue weighted by Gasteiger charge is 2.25. The van der Waals surface area contributed by atoms with Gasteiger partial charge in [-0.3, -0.25) is 14.9 Å². The van der Waals surface area contributed by atoms with E-state index in [9.17, 15) is 14.9 Å². The fraction of sp³-hybridized carbons (Fsp3) is 0.500. The summed E-state index contributed by atoms with van der Waals surface area (Å²) in [7, 11) is 1.92. The van der Waals surface area contributed by atoms with E-state index in [1.807, 2.05) is 11.9 Å². The van der Waals surface area contributed by atoms with Crippen LogP contribution < -0.4 is 4.90 Å². The molecular weight excluding hydrogens is 244 g/mol.